The van der Waals surface area contributed by atoms with E-state index in [-0.39, 0.29) is 12.1 Å². The number of furan rings is 1. The minimum Gasteiger partial charge on any atom is -0.503 e. The number of rotatable bonds is 12. The van der Waals surface area contributed by atoms with Crippen molar-refractivity contribution >= 4 is 17.8 Å². The van der Waals surface area contributed by atoms with Gasteiger partial charge in [-0.25, -0.2) is 0 Å². The van der Waals surface area contributed by atoms with Gasteiger partial charge in [0.15, 0.2) is 23.0 Å². The minimum atomic E-state index is -0.843. The standard InChI is InChI=1S/C31H33NO6/c1-4-36-27-19-23(13-15-26(27)38-18-16-21(2)3)29-28(25(33)14-12-22-9-6-5-7-10-22)30(34)31(35)32(29)20-24-11-8-17-37-24/h5-15,17,19,21,29,34H,4,16,18,20H2,1-3H3/b14-12+. The fourth-order valence-electron chi connectivity index (χ4n) is 4.30. The third-order valence-corrected chi connectivity index (χ3v) is 6.24. The van der Waals surface area contributed by atoms with Crippen molar-refractivity contribution in [3.05, 3.63) is 101 Å². The van der Waals surface area contributed by atoms with Crippen molar-refractivity contribution in [3.63, 3.8) is 0 Å². The molecular weight excluding hydrogens is 482 g/mol. The number of amides is 1. The van der Waals surface area contributed by atoms with E-state index in [1.165, 1.54) is 17.2 Å². The first-order valence-corrected chi connectivity index (χ1v) is 12.8. The molecule has 0 saturated carbocycles. The second-order valence-corrected chi connectivity index (χ2v) is 9.46. The van der Waals surface area contributed by atoms with E-state index < -0.39 is 23.5 Å². The Morgan fingerprint density at radius 3 is 2.55 bits per heavy atom. The molecule has 0 saturated heterocycles. The van der Waals surface area contributed by atoms with Crippen LogP contribution in [0, 0.1) is 5.92 Å². The Balaban J connectivity index is 1.71. The zero-order valence-corrected chi connectivity index (χ0v) is 21.9. The van der Waals surface area contributed by atoms with Crippen LogP contribution in [0.2, 0.25) is 0 Å². The molecule has 1 atom stereocenters. The molecule has 1 aromatic heterocycles. The molecule has 1 aliphatic heterocycles. The number of allylic oxidation sites excluding steroid dienone is 1. The quantitative estimate of drug-likeness (QED) is 0.286. The van der Waals surface area contributed by atoms with Crippen molar-refractivity contribution in [1.29, 1.82) is 0 Å². The summed E-state index contributed by atoms with van der Waals surface area (Å²) in [4.78, 5) is 28.1. The summed E-state index contributed by atoms with van der Waals surface area (Å²) in [5.41, 5.74) is 1.45. The van der Waals surface area contributed by atoms with Crippen molar-refractivity contribution in [2.75, 3.05) is 13.2 Å². The molecule has 0 fully saturated rings. The summed E-state index contributed by atoms with van der Waals surface area (Å²) in [6.07, 6.45) is 5.45. The van der Waals surface area contributed by atoms with Crippen LogP contribution in [-0.4, -0.2) is 34.9 Å². The molecule has 0 bridgehead atoms. The Bertz CT molecular complexity index is 1310. The molecule has 2 aromatic carbocycles. The largest absolute Gasteiger partial charge is 0.503 e. The van der Waals surface area contributed by atoms with Gasteiger partial charge in [0.25, 0.3) is 5.91 Å². The molecule has 1 N–H and O–H groups in total. The lowest BCUT2D eigenvalue weighted by atomic mass is 9.95. The monoisotopic (exact) mass is 515 g/mol. The summed E-state index contributed by atoms with van der Waals surface area (Å²) in [5, 5.41) is 10.9. The van der Waals surface area contributed by atoms with Crippen molar-refractivity contribution < 1.29 is 28.6 Å². The van der Waals surface area contributed by atoms with Gasteiger partial charge in [0.1, 0.15) is 5.76 Å². The molecule has 1 amide bonds. The number of carbonyl (C=O) groups is 2. The lowest BCUT2D eigenvalue weighted by Gasteiger charge is -2.26. The maximum atomic E-state index is 13.4. The highest BCUT2D eigenvalue weighted by atomic mass is 16.5. The van der Waals surface area contributed by atoms with Crippen molar-refractivity contribution in [2.24, 2.45) is 5.92 Å². The highest BCUT2D eigenvalue weighted by Crippen LogP contribution is 2.42. The summed E-state index contributed by atoms with van der Waals surface area (Å²) in [6, 6.07) is 17.3. The third kappa shape index (κ3) is 6.17. The fraction of sp³-hybridized carbons (Fsp3) is 0.290. The average molecular weight is 516 g/mol. The first kappa shape index (κ1) is 26.8. The molecule has 1 aliphatic rings. The molecular formula is C31H33NO6. The van der Waals surface area contributed by atoms with Crippen LogP contribution in [-0.2, 0) is 16.1 Å². The number of ketones is 1. The lowest BCUT2D eigenvalue weighted by molar-refractivity contribution is -0.130. The highest BCUT2D eigenvalue weighted by molar-refractivity contribution is 6.14. The molecule has 4 rings (SSSR count). The van der Waals surface area contributed by atoms with E-state index in [2.05, 4.69) is 13.8 Å². The molecule has 198 valence electrons. The first-order chi connectivity index (χ1) is 18.4. The lowest BCUT2D eigenvalue weighted by Crippen LogP contribution is -2.30. The Labute approximate surface area is 223 Å². The molecule has 2 heterocycles. The van der Waals surface area contributed by atoms with Crippen LogP contribution in [0.5, 0.6) is 11.5 Å². The van der Waals surface area contributed by atoms with Crippen LogP contribution >= 0.6 is 0 Å². The van der Waals surface area contributed by atoms with E-state index >= 15 is 0 Å². The molecule has 1 unspecified atom stereocenters. The smallest absolute Gasteiger partial charge is 0.290 e. The van der Waals surface area contributed by atoms with Gasteiger partial charge >= 0.3 is 0 Å². The highest BCUT2D eigenvalue weighted by Gasteiger charge is 2.43. The summed E-state index contributed by atoms with van der Waals surface area (Å²) >= 11 is 0. The van der Waals surface area contributed by atoms with Gasteiger partial charge < -0.3 is 23.9 Å². The second kappa shape index (κ2) is 12.3. The number of carbonyl (C=O) groups excluding carboxylic acids is 2. The topological polar surface area (TPSA) is 89.2 Å². The van der Waals surface area contributed by atoms with E-state index in [1.807, 2.05) is 37.3 Å². The zero-order valence-electron chi connectivity index (χ0n) is 21.9. The molecule has 7 heteroatoms. The van der Waals surface area contributed by atoms with Gasteiger partial charge in [-0.3, -0.25) is 9.59 Å². The van der Waals surface area contributed by atoms with E-state index in [1.54, 1.807) is 36.4 Å². The van der Waals surface area contributed by atoms with Gasteiger partial charge in [0.05, 0.1) is 37.6 Å². The number of hydrogen-bond donors (Lipinski definition) is 1. The van der Waals surface area contributed by atoms with E-state index in [9.17, 15) is 14.7 Å². The van der Waals surface area contributed by atoms with E-state index in [4.69, 9.17) is 13.9 Å². The summed E-state index contributed by atoms with van der Waals surface area (Å²) in [6.45, 7) is 7.17. The number of aliphatic hydroxyl groups excluding tert-OH is 1. The normalized spacial score (nSPS) is 15.6. The maximum Gasteiger partial charge on any atom is 0.290 e. The van der Waals surface area contributed by atoms with Gasteiger partial charge in [-0.1, -0.05) is 56.3 Å². The number of hydrogen-bond acceptors (Lipinski definition) is 6. The third-order valence-electron chi connectivity index (χ3n) is 6.24. The van der Waals surface area contributed by atoms with E-state index in [0.29, 0.717) is 42.0 Å². The van der Waals surface area contributed by atoms with Crippen LogP contribution < -0.4 is 9.47 Å². The molecule has 0 aliphatic carbocycles. The minimum absolute atomic E-state index is 0.00432. The molecule has 0 spiro atoms. The number of ether oxygens (including phenoxy) is 2. The number of aliphatic hydroxyl groups is 1. The van der Waals surface area contributed by atoms with Crippen molar-refractivity contribution in [3.8, 4) is 11.5 Å². The van der Waals surface area contributed by atoms with Crippen LogP contribution in [0.4, 0.5) is 0 Å². The van der Waals surface area contributed by atoms with E-state index in [0.717, 1.165) is 12.0 Å². The van der Waals surface area contributed by atoms with Gasteiger partial charge in [0.2, 0.25) is 0 Å². The van der Waals surface area contributed by atoms with Crippen LogP contribution in [0.3, 0.4) is 0 Å². The fourth-order valence-corrected chi connectivity index (χ4v) is 4.30. The van der Waals surface area contributed by atoms with Crippen LogP contribution in [0.15, 0.2) is 88.8 Å². The molecule has 7 nitrogen and oxygen atoms in total. The van der Waals surface area contributed by atoms with Crippen LogP contribution in [0.25, 0.3) is 6.08 Å². The zero-order chi connectivity index (χ0) is 27.1. The van der Waals surface area contributed by atoms with Gasteiger partial charge in [-0.15, -0.1) is 0 Å². The summed E-state index contributed by atoms with van der Waals surface area (Å²) in [5.74, 6) is 0.457. The summed E-state index contributed by atoms with van der Waals surface area (Å²) in [7, 11) is 0. The molecule has 0 radical (unpaired) electrons. The Morgan fingerprint density at radius 1 is 1.08 bits per heavy atom. The predicted molar refractivity (Wildman–Crippen MR) is 145 cm³/mol. The Hall–Kier alpha value is -4.26. The van der Waals surface area contributed by atoms with Gasteiger partial charge in [0, 0.05) is 0 Å². The van der Waals surface area contributed by atoms with Gasteiger partial charge in [-0.05, 0) is 60.7 Å². The molecule has 38 heavy (non-hydrogen) atoms. The van der Waals surface area contributed by atoms with Crippen molar-refractivity contribution in [2.45, 2.75) is 39.8 Å². The van der Waals surface area contributed by atoms with Crippen LogP contribution in [0.1, 0.15) is 50.1 Å². The number of benzene rings is 2. The van der Waals surface area contributed by atoms with Gasteiger partial charge in [-0.2, -0.15) is 0 Å². The summed E-state index contributed by atoms with van der Waals surface area (Å²) < 4.78 is 17.3. The number of nitrogens with zero attached hydrogens (tertiary/aromatic N) is 1. The predicted octanol–water partition coefficient (Wildman–Crippen LogP) is 6.28. The average Bonchev–Trinajstić information content (AvgIpc) is 3.51. The molecule has 3 aromatic rings. The first-order valence-electron chi connectivity index (χ1n) is 12.8. The SMILES string of the molecule is CCOc1cc(C2C(C(=O)/C=C/c3ccccc3)=C(O)C(=O)N2Cc2ccco2)ccc1OCCC(C)C. The maximum absolute atomic E-state index is 13.4. The Kier molecular flexibility index (Phi) is 8.69. The van der Waals surface area contributed by atoms with Crippen molar-refractivity contribution in [1.82, 2.24) is 4.90 Å². The second-order valence-electron chi connectivity index (χ2n) is 9.46. The Morgan fingerprint density at radius 2 is 1.87 bits per heavy atom.